The molecule has 0 heterocycles. The third kappa shape index (κ3) is 45.5. The molecular formula is C17H38N2O2. The number of benzene rings is 1. The number of nitrogen functional groups attached to an aromatic ring is 1. The molecule has 0 amide bonds. The molecule has 1 unspecified atom stereocenters. The topological polar surface area (TPSA) is 92.5 Å². The summed E-state index contributed by atoms with van der Waals surface area (Å²) in [5.41, 5.74) is 10.9. The minimum Gasteiger partial charge on any atom is -0.508 e. The average Bonchev–Trinajstić information content (AvgIpc) is 2.46. The highest BCUT2D eigenvalue weighted by atomic mass is 16.3. The quantitative estimate of drug-likeness (QED) is 0.463. The number of aliphatic hydroxyl groups is 1. The summed E-state index contributed by atoms with van der Waals surface area (Å²) in [7, 11) is 0. The van der Waals surface area contributed by atoms with Crippen LogP contribution in [-0.4, -0.2) is 22.9 Å². The molecule has 0 saturated heterocycles. The van der Waals surface area contributed by atoms with E-state index in [-0.39, 0.29) is 11.9 Å². The van der Waals surface area contributed by atoms with E-state index >= 15 is 0 Å². The fourth-order valence-electron chi connectivity index (χ4n) is 0.474. The van der Waals surface area contributed by atoms with E-state index in [1.165, 1.54) is 12.8 Å². The van der Waals surface area contributed by atoms with E-state index < -0.39 is 0 Å². The van der Waals surface area contributed by atoms with Gasteiger partial charge in [-0.1, -0.05) is 54.4 Å². The molecule has 0 radical (unpaired) electrons. The van der Waals surface area contributed by atoms with Crippen molar-refractivity contribution >= 4 is 5.69 Å². The summed E-state index contributed by atoms with van der Waals surface area (Å²) in [5, 5.41) is 16.9. The zero-order valence-electron chi connectivity index (χ0n) is 15.1. The van der Waals surface area contributed by atoms with Crippen LogP contribution in [0.4, 0.5) is 5.69 Å². The van der Waals surface area contributed by atoms with Gasteiger partial charge < -0.3 is 21.7 Å². The Kier molecular flexibility index (Phi) is 36.2. The second-order valence-electron chi connectivity index (χ2n) is 4.09. The highest BCUT2D eigenvalue weighted by molar-refractivity contribution is 5.40. The number of nitrogens with two attached hydrogens (primary N) is 2. The number of rotatable bonds is 1. The van der Waals surface area contributed by atoms with E-state index in [0.29, 0.717) is 12.2 Å². The Bertz CT molecular complexity index is 226. The van der Waals surface area contributed by atoms with Gasteiger partial charge >= 0.3 is 0 Å². The van der Waals surface area contributed by atoms with E-state index in [1.54, 1.807) is 31.2 Å². The summed E-state index contributed by atoms with van der Waals surface area (Å²) in [5.74, 6) is 0.249. The Labute approximate surface area is 132 Å². The Hall–Kier alpha value is -1.26. The lowest BCUT2D eigenvalue weighted by Gasteiger charge is -1.91. The van der Waals surface area contributed by atoms with Crippen molar-refractivity contribution < 1.29 is 10.2 Å². The highest BCUT2D eigenvalue weighted by Crippen LogP contribution is 2.09. The van der Waals surface area contributed by atoms with E-state index in [2.05, 4.69) is 27.7 Å². The van der Waals surface area contributed by atoms with Gasteiger partial charge in [0.15, 0.2) is 0 Å². The van der Waals surface area contributed by atoms with Gasteiger partial charge in [0.1, 0.15) is 5.75 Å². The lowest BCUT2D eigenvalue weighted by Crippen LogP contribution is -2.14. The first-order valence-electron chi connectivity index (χ1n) is 7.81. The molecule has 0 bridgehead atoms. The fourth-order valence-corrected chi connectivity index (χ4v) is 0.474. The lowest BCUT2D eigenvalue weighted by molar-refractivity contribution is 0.203. The molecule has 1 aromatic carbocycles. The highest BCUT2D eigenvalue weighted by Gasteiger charge is 1.82. The predicted molar refractivity (Wildman–Crippen MR) is 96.5 cm³/mol. The molecule has 0 aliphatic carbocycles. The summed E-state index contributed by atoms with van der Waals surface area (Å²) in [6.07, 6.45) is 2.16. The molecular weight excluding hydrogens is 264 g/mol. The van der Waals surface area contributed by atoms with Gasteiger partial charge in [-0.25, -0.2) is 0 Å². The first-order chi connectivity index (χ1) is 9.89. The predicted octanol–water partition coefficient (Wildman–Crippen LogP) is 4.16. The second kappa shape index (κ2) is 27.1. The number of aromatic hydroxyl groups is 1. The number of anilines is 1. The molecule has 1 atom stereocenters. The maximum absolute atomic E-state index is 8.70. The molecule has 21 heavy (non-hydrogen) atoms. The van der Waals surface area contributed by atoms with Gasteiger partial charge in [0.2, 0.25) is 0 Å². The minimum absolute atomic E-state index is 0.249. The average molecular weight is 303 g/mol. The van der Waals surface area contributed by atoms with Gasteiger partial charge in [0, 0.05) is 12.2 Å². The fraction of sp³-hybridized carbons (Fsp3) is 0.647. The largest absolute Gasteiger partial charge is 0.508 e. The molecule has 128 valence electrons. The van der Waals surface area contributed by atoms with Crippen LogP contribution in [0.15, 0.2) is 24.3 Å². The Morgan fingerprint density at radius 1 is 0.952 bits per heavy atom. The van der Waals surface area contributed by atoms with Gasteiger partial charge in [-0.3, -0.25) is 0 Å². The third-order valence-electron chi connectivity index (χ3n) is 1.23. The van der Waals surface area contributed by atoms with Crippen LogP contribution in [0.2, 0.25) is 0 Å². The molecule has 0 fully saturated rings. The van der Waals surface area contributed by atoms with Gasteiger partial charge in [0.05, 0.1) is 6.10 Å². The van der Waals surface area contributed by atoms with E-state index in [1.807, 2.05) is 13.8 Å². The van der Waals surface area contributed by atoms with Gasteiger partial charge in [0.25, 0.3) is 0 Å². The van der Waals surface area contributed by atoms with E-state index in [4.69, 9.17) is 21.7 Å². The van der Waals surface area contributed by atoms with Crippen molar-refractivity contribution in [3.8, 4) is 5.75 Å². The van der Waals surface area contributed by atoms with Crippen LogP contribution in [0.1, 0.15) is 61.3 Å². The molecule has 0 aliphatic rings. The normalized spacial score (nSPS) is 9.00. The van der Waals surface area contributed by atoms with Crippen molar-refractivity contribution in [3.63, 3.8) is 0 Å². The standard InChI is InChI=1S/C6H7NO.C3H9NO.2C3H8.C2H6/c7-5-1-3-6(8)4-2-5;1-3(5)2-4;2*1-3-2;1-2/h1-4,8H,7H2;3,5H,2,4H2,1H3;2*3H2,1-2H3;1-2H3. The Morgan fingerprint density at radius 2 is 1.19 bits per heavy atom. The summed E-state index contributed by atoms with van der Waals surface area (Å²) >= 11 is 0. The molecule has 0 saturated carbocycles. The number of hydrogen-bond donors (Lipinski definition) is 4. The number of hydrogen-bond acceptors (Lipinski definition) is 4. The van der Waals surface area contributed by atoms with Gasteiger partial charge in [-0.05, 0) is 31.2 Å². The zero-order valence-corrected chi connectivity index (χ0v) is 15.1. The van der Waals surface area contributed by atoms with Crippen molar-refractivity contribution in [2.45, 2.75) is 67.4 Å². The smallest absolute Gasteiger partial charge is 0.115 e. The van der Waals surface area contributed by atoms with Gasteiger partial charge in [-0.15, -0.1) is 0 Å². The molecule has 0 spiro atoms. The van der Waals surface area contributed by atoms with Crippen molar-refractivity contribution in [2.75, 3.05) is 12.3 Å². The number of aliphatic hydroxyl groups excluding tert-OH is 1. The van der Waals surface area contributed by atoms with Crippen LogP contribution in [0.5, 0.6) is 5.75 Å². The van der Waals surface area contributed by atoms with Crippen LogP contribution in [0, 0.1) is 0 Å². The van der Waals surface area contributed by atoms with Crippen molar-refractivity contribution in [1.82, 2.24) is 0 Å². The molecule has 0 aromatic heterocycles. The number of phenols is 1. The first kappa shape index (κ1) is 28.0. The zero-order chi connectivity index (χ0) is 17.7. The van der Waals surface area contributed by atoms with E-state index in [0.717, 1.165) is 0 Å². The monoisotopic (exact) mass is 302 g/mol. The van der Waals surface area contributed by atoms with Crippen LogP contribution < -0.4 is 11.5 Å². The third-order valence-corrected chi connectivity index (χ3v) is 1.23. The summed E-state index contributed by atoms with van der Waals surface area (Å²) in [6.45, 7) is 14.5. The van der Waals surface area contributed by atoms with Crippen LogP contribution in [-0.2, 0) is 0 Å². The second-order valence-corrected chi connectivity index (χ2v) is 4.09. The first-order valence-corrected chi connectivity index (χ1v) is 7.81. The van der Waals surface area contributed by atoms with Crippen molar-refractivity contribution in [2.24, 2.45) is 5.73 Å². The maximum Gasteiger partial charge on any atom is 0.115 e. The molecule has 6 N–H and O–H groups in total. The van der Waals surface area contributed by atoms with Gasteiger partial charge in [-0.2, -0.15) is 0 Å². The molecule has 1 rings (SSSR count). The summed E-state index contributed by atoms with van der Waals surface area (Å²) < 4.78 is 0. The van der Waals surface area contributed by atoms with Crippen LogP contribution >= 0.6 is 0 Å². The molecule has 1 aromatic rings. The van der Waals surface area contributed by atoms with Crippen LogP contribution in [0.3, 0.4) is 0 Å². The Balaban J connectivity index is -0.0000000969. The molecule has 4 heteroatoms. The summed E-state index contributed by atoms with van der Waals surface area (Å²) in [4.78, 5) is 0. The molecule has 0 aliphatic heterocycles. The van der Waals surface area contributed by atoms with Crippen molar-refractivity contribution in [1.29, 1.82) is 0 Å². The SMILES string of the molecule is CC.CC(O)CN.CCC.CCC.Nc1ccc(O)cc1. The molecule has 4 nitrogen and oxygen atoms in total. The lowest BCUT2D eigenvalue weighted by atomic mass is 10.3. The van der Waals surface area contributed by atoms with Crippen LogP contribution in [0.25, 0.3) is 0 Å². The van der Waals surface area contributed by atoms with E-state index in [9.17, 15) is 0 Å². The Morgan fingerprint density at radius 3 is 1.33 bits per heavy atom. The number of phenolic OH excluding ortho intramolecular Hbond substituents is 1. The summed E-state index contributed by atoms with van der Waals surface area (Å²) in [6, 6.07) is 6.40. The maximum atomic E-state index is 8.70. The van der Waals surface area contributed by atoms with Crippen molar-refractivity contribution in [3.05, 3.63) is 24.3 Å². The minimum atomic E-state index is -0.338.